The summed E-state index contributed by atoms with van der Waals surface area (Å²) in [6, 6.07) is 22.7. The van der Waals surface area contributed by atoms with Crippen molar-refractivity contribution in [3.05, 3.63) is 116 Å². The summed E-state index contributed by atoms with van der Waals surface area (Å²) in [5, 5.41) is 8.11. The summed E-state index contributed by atoms with van der Waals surface area (Å²) >= 11 is 1.60. The Labute approximate surface area is 250 Å². The molecule has 0 saturated carbocycles. The summed E-state index contributed by atoms with van der Waals surface area (Å²) in [7, 11) is 0. The molecule has 1 fully saturated rings. The minimum absolute atomic E-state index is 0.0108. The molecule has 2 aromatic heterocycles. The van der Waals surface area contributed by atoms with E-state index in [0.717, 1.165) is 41.3 Å². The van der Waals surface area contributed by atoms with Crippen LogP contribution in [-0.2, 0) is 18.5 Å². The fourth-order valence-electron chi connectivity index (χ4n) is 6.15. The van der Waals surface area contributed by atoms with Crippen molar-refractivity contribution in [1.82, 2.24) is 9.88 Å². The predicted octanol–water partition coefficient (Wildman–Crippen LogP) is 6.01. The molecule has 42 heavy (non-hydrogen) atoms. The van der Waals surface area contributed by atoms with Crippen LogP contribution in [0, 0.1) is 5.92 Å². The lowest BCUT2D eigenvalue weighted by molar-refractivity contribution is 0.0950. The molecule has 2 aliphatic heterocycles. The Morgan fingerprint density at radius 3 is 2.43 bits per heavy atom. The highest BCUT2D eigenvalue weighted by atomic mass is 32.1. The van der Waals surface area contributed by atoms with Gasteiger partial charge in [0, 0.05) is 53.3 Å². The van der Waals surface area contributed by atoms with Crippen LogP contribution in [0.15, 0.2) is 83.0 Å². The van der Waals surface area contributed by atoms with Gasteiger partial charge in [0.15, 0.2) is 0 Å². The van der Waals surface area contributed by atoms with Crippen LogP contribution in [0.4, 0.5) is 11.4 Å². The molecule has 1 saturated heterocycles. The average molecular weight is 581 g/mol. The van der Waals surface area contributed by atoms with Crippen LogP contribution in [0.25, 0.3) is 0 Å². The number of carbonyl (C=O) groups is 2. The van der Waals surface area contributed by atoms with Gasteiger partial charge in [-0.05, 0) is 71.2 Å². The number of pyridine rings is 1. The van der Waals surface area contributed by atoms with E-state index in [1.807, 2.05) is 64.5 Å². The fourth-order valence-corrected chi connectivity index (χ4v) is 6.79. The van der Waals surface area contributed by atoms with Gasteiger partial charge in [0.05, 0.1) is 17.9 Å². The summed E-state index contributed by atoms with van der Waals surface area (Å²) < 4.78 is 1.92. The fraction of sp³-hybridized carbons (Fsp3) is 0.324. The molecule has 2 aromatic carbocycles. The first-order chi connectivity index (χ1) is 20.2. The molecule has 0 spiro atoms. The first kappa shape index (κ1) is 28.0. The lowest BCUT2D eigenvalue weighted by atomic mass is 9.83. The maximum absolute atomic E-state index is 13.5. The molecule has 0 unspecified atom stereocenters. The number of rotatable bonds is 6. The molecule has 2 bridgehead atoms. The predicted molar refractivity (Wildman–Crippen MR) is 169 cm³/mol. The molecule has 6 rings (SSSR count). The third-order valence-corrected chi connectivity index (χ3v) is 9.22. The number of hydrogen-bond acceptors (Lipinski definition) is 5. The van der Waals surface area contributed by atoms with E-state index in [1.54, 1.807) is 23.5 Å². The topological polar surface area (TPSA) is 83.4 Å². The monoisotopic (exact) mass is 580 g/mol. The highest BCUT2D eigenvalue weighted by Gasteiger charge is 2.35. The molecule has 8 heteroatoms. The third kappa shape index (κ3) is 5.77. The minimum atomic E-state index is -0.220. The van der Waals surface area contributed by atoms with Crippen LogP contribution in [0.5, 0.6) is 0 Å². The minimum Gasteiger partial charge on any atom is -0.369 e. The molecular formula is C34H36N4O3S. The van der Waals surface area contributed by atoms with Gasteiger partial charge in [0.2, 0.25) is 0 Å². The van der Waals surface area contributed by atoms with E-state index in [2.05, 4.69) is 42.4 Å². The third-order valence-electron chi connectivity index (χ3n) is 8.34. The van der Waals surface area contributed by atoms with E-state index >= 15 is 0 Å². The molecule has 7 nitrogen and oxygen atoms in total. The van der Waals surface area contributed by atoms with Crippen molar-refractivity contribution in [1.29, 1.82) is 0 Å². The second-order valence-corrected chi connectivity index (χ2v) is 13.4. The zero-order chi connectivity index (χ0) is 29.4. The summed E-state index contributed by atoms with van der Waals surface area (Å²) in [4.78, 5) is 42.5. The zero-order valence-corrected chi connectivity index (χ0v) is 25.0. The number of piperidine rings is 1. The van der Waals surface area contributed by atoms with Crippen molar-refractivity contribution >= 4 is 34.5 Å². The number of amides is 2. The van der Waals surface area contributed by atoms with E-state index in [0.29, 0.717) is 35.8 Å². The van der Waals surface area contributed by atoms with E-state index in [4.69, 9.17) is 0 Å². The Morgan fingerprint density at radius 2 is 1.69 bits per heavy atom. The molecular weight excluding hydrogens is 544 g/mol. The van der Waals surface area contributed by atoms with Crippen molar-refractivity contribution in [3.63, 3.8) is 0 Å². The largest absolute Gasteiger partial charge is 0.369 e. The molecule has 0 aliphatic carbocycles. The van der Waals surface area contributed by atoms with Crippen LogP contribution in [0.3, 0.4) is 0 Å². The number of aromatic nitrogens is 1. The van der Waals surface area contributed by atoms with E-state index < -0.39 is 0 Å². The van der Waals surface area contributed by atoms with Crippen LogP contribution >= 0.6 is 11.3 Å². The maximum Gasteiger partial charge on any atom is 0.255 e. The Morgan fingerprint density at radius 1 is 0.905 bits per heavy atom. The molecule has 2 amide bonds. The number of carbonyl (C=O) groups excluding carboxylic acids is 2. The lowest BCUT2D eigenvalue weighted by Gasteiger charge is -2.44. The second-order valence-electron chi connectivity index (χ2n) is 12.4. The van der Waals surface area contributed by atoms with Crippen molar-refractivity contribution in [2.24, 2.45) is 5.92 Å². The maximum atomic E-state index is 13.5. The Balaban J connectivity index is 1.29. The van der Waals surface area contributed by atoms with Crippen LogP contribution in [-0.4, -0.2) is 29.5 Å². The van der Waals surface area contributed by atoms with Crippen molar-refractivity contribution < 1.29 is 9.59 Å². The Hall–Kier alpha value is -4.17. The standard InChI is InChI=1S/C34H36N4O3S/c1-34(2,3)26-12-9-23(10-13-26)33(41)36-28-17-24(32(40)35-18-27-6-5-15-42-27)11-14-30(28)37-19-22-16-25(21-37)29-7-4-8-31(39)38(29)20-22/h4-15,17,22,25H,16,18-21H2,1-3H3,(H,35,40)(H,36,41)/t22-,25+/m1/s1. The van der Waals surface area contributed by atoms with Gasteiger partial charge in [-0.1, -0.05) is 45.0 Å². The molecule has 2 atom stereocenters. The Bertz CT molecular complexity index is 1670. The average Bonchev–Trinajstić information content (AvgIpc) is 3.50. The van der Waals surface area contributed by atoms with E-state index in [9.17, 15) is 14.4 Å². The van der Waals surface area contributed by atoms with Gasteiger partial charge < -0.3 is 20.1 Å². The number of anilines is 2. The van der Waals surface area contributed by atoms with E-state index in [1.165, 1.54) is 0 Å². The smallest absolute Gasteiger partial charge is 0.255 e. The van der Waals surface area contributed by atoms with Gasteiger partial charge in [-0.2, -0.15) is 0 Å². The van der Waals surface area contributed by atoms with Gasteiger partial charge in [-0.25, -0.2) is 0 Å². The van der Waals surface area contributed by atoms with Gasteiger partial charge in [0.25, 0.3) is 17.4 Å². The van der Waals surface area contributed by atoms with Gasteiger partial charge in [-0.15, -0.1) is 11.3 Å². The van der Waals surface area contributed by atoms with Crippen molar-refractivity contribution in [3.8, 4) is 0 Å². The first-order valence-corrected chi connectivity index (χ1v) is 15.3. The van der Waals surface area contributed by atoms with Gasteiger partial charge in [-0.3, -0.25) is 14.4 Å². The van der Waals surface area contributed by atoms with Crippen LogP contribution in [0.1, 0.15) is 70.0 Å². The van der Waals surface area contributed by atoms with E-state index in [-0.39, 0.29) is 28.7 Å². The molecule has 4 heterocycles. The van der Waals surface area contributed by atoms with Gasteiger partial charge >= 0.3 is 0 Å². The number of fused-ring (bicyclic) bond motifs is 4. The zero-order valence-electron chi connectivity index (χ0n) is 24.2. The molecule has 4 aromatic rings. The molecule has 2 N–H and O–H groups in total. The highest BCUT2D eigenvalue weighted by molar-refractivity contribution is 7.09. The van der Waals surface area contributed by atoms with Crippen LogP contribution in [0.2, 0.25) is 0 Å². The highest BCUT2D eigenvalue weighted by Crippen LogP contribution is 2.39. The SMILES string of the molecule is CC(C)(C)c1ccc(C(=O)Nc2cc(C(=O)NCc3cccs3)ccc2N2C[C@H]3C[C@@H](C2)c2cccc(=O)n2C3)cc1. The number of hydrogen-bond donors (Lipinski definition) is 2. The molecule has 216 valence electrons. The molecule has 0 radical (unpaired) electrons. The van der Waals surface area contributed by atoms with Gasteiger partial charge in [0.1, 0.15) is 0 Å². The van der Waals surface area contributed by atoms with Crippen LogP contribution < -0.4 is 21.1 Å². The summed E-state index contributed by atoms with van der Waals surface area (Å²) in [6.07, 6.45) is 1.03. The Kier molecular flexibility index (Phi) is 7.49. The first-order valence-electron chi connectivity index (χ1n) is 14.5. The number of nitrogens with one attached hydrogen (secondary N) is 2. The summed E-state index contributed by atoms with van der Waals surface area (Å²) in [5.41, 5.74) is 4.80. The van der Waals surface area contributed by atoms with Crippen molar-refractivity contribution in [2.75, 3.05) is 23.3 Å². The number of nitrogens with zero attached hydrogens (tertiary/aromatic N) is 2. The quantitative estimate of drug-likeness (QED) is 0.293. The second kappa shape index (κ2) is 11.2. The number of benzene rings is 2. The normalized spacial score (nSPS) is 17.8. The molecule has 2 aliphatic rings. The number of thiophene rings is 1. The van der Waals surface area contributed by atoms with Crippen molar-refractivity contribution in [2.45, 2.75) is 51.6 Å². The lowest BCUT2D eigenvalue weighted by Crippen LogP contribution is -2.47. The summed E-state index contributed by atoms with van der Waals surface area (Å²) in [5.74, 6) is 0.123. The summed E-state index contributed by atoms with van der Waals surface area (Å²) in [6.45, 7) is 9.07.